The van der Waals surface area contributed by atoms with Crippen molar-refractivity contribution in [3.05, 3.63) is 181 Å². The van der Waals surface area contributed by atoms with E-state index in [1.165, 1.54) is 68.6 Å². The number of rotatable bonds is 19. The molecule has 2 aliphatic heterocycles. The molecule has 360 valence electrons. The highest BCUT2D eigenvalue weighted by Gasteiger charge is 2.57. The van der Waals surface area contributed by atoms with Gasteiger partial charge in [-0.1, -0.05) is 78.9 Å². The van der Waals surface area contributed by atoms with Gasteiger partial charge in [0.1, 0.15) is 55.2 Å². The summed E-state index contributed by atoms with van der Waals surface area (Å²) >= 11 is 0. The van der Waals surface area contributed by atoms with E-state index in [-0.39, 0.29) is 35.5 Å². The Morgan fingerprint density at radius 2 is 1.04 bits per heavy atom. The number of ether oxygens (including phenoxy) is 10. The van der Waals surface area contributed by atoms with Gasteiger partial charge in [-0.25, -0.2) is 19.2 Å². The molecule has 0 spiro atoms. The summed E-state index contributed by atoms with van der Waals surface area (Å²) in [7, 11) is 1.52. The second-order valence-electron chi connectivity index (χ2n) is 15.7. The average Bonchev–Trinajstić information content (AvgIpc) is 3.38. The molecule has 10 atom stereocenters. The number of nitrogens with one attached hydrogen (secondary N) is 1. The molecular weight excluding hydrogens is 895 g/mol. The number of aliphatic hydroxyl groups is 1. The van der Waals surface area contributed by atoms with E-state index in [2.05, 4.69) is 11.9 Å². The van der Waals surface area contributed by atoms with E-state index in [0.29, 0.717) is 11.5 Å². The van der Waals surface area contributed by atoms with Gasteiger partial charge in [0, 0.05) is 6.92 Å². The van der Waals surface area contributed by atoms with Gasteiger partial charge in [-0.15, -0.1) is 6.58 Å². The van der Waals surface area contributed by atoms with Crippen molar-refractivity contribution < 1.29 is 76.4 Å². The van der Waals surface area contributed by atoms with E-state index in [9.17, 15) is 29.1 Å². The van der Waals surface area contributed by atoms with Crippen molar-refractivity contribution in [2.45, 2.75) is 68.3 Å². The molecule has 0 saturated carbocycles. The van der Waals surface area contributed by atoms with Crippen LogP contribution in [-0.2, 0) is 42.7 Å². The molecule has 0 aromatic heterocycles. The van der Waals surface area contributed by atoms with Crippen molar-refractivity contribution >= 4 is 29.8 Å². The van der Waals surface area contributed by atoms with E-state index >= 15 is 0 Å². The Bertz CT molecular complexity index is 2480. The van der Waals surface area contributed by atoms with Gasteiger partial charge in [-0.3, -0.25) is 4.79 Å². The molecule has 2 heterocycles. The van der Waals surface area contributed by atoms with Gasteiger partial charge < -0.3 is 57.8 Å². The van der Waals surface area contributed by atoms with Crippen LogP contribution in [0.4, 0.5) is 0 Å². The van der Waals surface area contributed by atoms with Crippen LogP contribution in [0.5, 0.6) is 11.5 Å². The normalized spacial score (nSPS) is 24.1. The summed E-state index contributed by atoms with van der Waals surface area (Å²) in [5.74, 6) is -3.13. The van der Waals surface area contributed by atoms with Gasteiger partial charge in [-0.05, 0) is 72.8 Å². The number of esters is 4. The molecular formula is C52H51NO16. The number of carbonyl (C=O) groups is 5. The van der Waals surface area contributed by atoms with Crippen molar-refractivity contribution in [2.24, 2.45) is 0 Å². The first-order chi connectivity index (χ1) is 33.5. The van der Waals surface area contributed by atoms with Gasteiger partial charge >= 0.3 is 23.9 Å². The smallest absolute Gasteiger partial charge is 0.338 e. The van der Waals surface area contributed by atoms with Crippen LogP contribution in [0, 0.1) is 0 Å². The fourth-order valence-electron chi connectivity index (χ4n) is 7.63. The fourth-order valence-corrected chi connectivity index (χ4v) is 7.63. The SMILES string of the molecule is C=CCO[C@H]1[C@@H](NC(C)=O)[C@H](O)O[C@H](COc2ccc(OC)cc2)[C@H]1O[C@@H]1O[C@H](COC(=O)c2ccccc2)[C@H](OC(=O)c2ccccc2)[C@H](OC(=O)c2ccccc2)[C@H]1OC(=O)c1ccccc1. The Morgan fingerprint density at radius 3 is 1.54 bits per heavy atom. The first-order valence-electron chi connectivity index (χ1n) is 21.9. The van der Waals surface area contributed by atoms with Crippen LogP contribution in [0.1, 0.15) is 48.4 Å². The Labute approximate surface area is 397 Å². The molecule has 2 fully saturated rings. The predicted octanol–water partition coefficient (Wildman–Crippen LogP) is 5.51. The zero-order chi connectivity index (χ0) is 48.7. The van der Waals surface area contributed by atoms with Crippen LogP contribution in [0.15, 0.2) is 158 Å². The van der Waals surface area contributed by atoms with Gasteiger partial charge in [0.25, 0.3) is 0 Å². The Morgan fingerprint density at radius 1 is 0.580 bits per heavy atom. The third-order valence-corrected chi connectivity index (χ3v) is 10.9. The minimum Gasteiger partial charge on any atom is -0.497 e. The molecule has 0 bridgehead atoms. The molecule has 17 heteroatoms. The predicted molar refractivity (Wildman–Crippen MR) is 244 cm³/mol. The molecule has 1 amide bonds. The summed E-state index contributed by atoms with van der Waals surface area (Å²) in [6, 6.07) is 37.2. The number of aliphatic hydroxyl groups excluding tert-OH is 1. The highest BCUT2D eigenvalue weighted by molar-refractivity contribution is 5.91. The van der Waals surface area contributed by atoms with Gasteiger partial charge in [0.2, 0.25) is 5.91 Å². The molecule has 5 aromatic carbocycles. The zero-order valence-corrected chi connectivity index (χ0v) is 37.6. The summed E-state index contributed by atoms with van der Waals surface area (Å²) < 4.78 is 61.7. The van der Waals surface area contributed by atoms with Crippen molar-refractivity contribution in [1.82, 2.24) is 5.32 Å². The minimum atomic E-state index is -1.82. The maximum atomic E-state index is 14.2. The maximum absolute atomic E-state index is 14.2. The van der Waals surface area contributed by atoms with E-state index < -0.39 is 97.7 Å². The van der Waals surface area contributed by atoms with Crippen LogP contribution in [-0.4, -0.2) is 123 Å². The van der Waals surface area contributed by atoms with Crippen LogP contribution in [0.25, 0.3) is 0 Å². The molecule has 69 heavy (non-hydrogen) atoms. The van der Waals surface area contributed by atoms with Crippen LogP contribution in [0.3, 0.4) is 0 Å². The van der Waals surface area contributed by atoms with Crippen LogP contribution >= 0.6 is 0 Å². The largest absolute Gasteiger partial charge is 0.497 e. The first-order valence-corrected chi connectivity index (χ1v) is 21.9. The lowest BCUT2D eigenvalue weighted by atomic mass is 9.94. The van der Waals surface area contributed by atoms with Crippen LogP contribution in [0.2, 0.25) is 0 Å². The second-order valence-corrected chi connectivity index (χ2v) is 15.7. The third kappa shape index (κ3) is 13.0. The lowest BCUT2D eigenvalue weighted by Gasteiger charge is -2.49. The lowest BCUT2D eigenvalue weighted by Crippen LogP contribution is -2.68. The van der Waals surface area contributed by atoms with Crippen LogP contribution < -0.4 is 14.8 Å². The number of hydrogen-bond donors (Lipinski definition) is 2. The molecule has 7 rings (SSSR count). The number of amides is 1. The third-order valence-electron chi connectivity index (χ3n) is 10.9. The fraction of sp³-hybridized carbons (Fsp3) is 0.288. The number of benzene rings is 5. The van der Waals surface area contributed by atoms with E-state index in [1.54, 1.807) is 97.1 Å². The topological polar surface area (TPSA) is 210 Å². The van der Waals surface area contributed by atoms with Gasteiger partial charge in [0.15, 0.2) is 30.9 Å². The summed E-state index contributed by atoms with van der Waals surface area (Å²) in [6.07, 6.45) is -12.7. The average molecular weight is 946 g/mol. The molecule has 0 aliphatic carbocycles. The molecule has 17 nitrogen and oxygen atoms in total. The number of carbonyl (C=O) groups excluding carboxylic acids is 5. The first kappa shape index (κ1) is 49.5. The molecule has 0 radical (unpaired) electrons. The lowest BCUT2D eigenvalue weighted by molar-refractivity contribution is -0.345. The summed E-state index contributed by atoms with van der Waals surface area (Å²) in [4.78, 5) is 68.7. The molecule has 2 aliphatic rings. The molecule has 5 aromatic rings. The summed E-state index contributed by atoms with van der Waals surface area (Å²) in [5, 5.41) is 14.1. The number of hydrogen-bond acceptors (Lipinski definition) is 16. The summed E-state index contributed by atoms with van der Waals surface area (Å²) in [6.45, 7) is 3.94. The Kier molecular flexibility index (Phi) is 17.2. The Hall–Kier alpha value is -7.41. The van der Waals surface area contributed by atoms with Crippen molar-refractivity contribution in [3.8, 4) is 11.5 Å². The standard InChI is InChI=1S/C52H51NO16/c1-4-29-61-44-41(53-32(2)54)51(59)64-39(30-62-38-27-25-37(60-3)26-28-38)42(44)69-52-46(68-50(58)36-23-15-8-16-24-36)45(67-49(57)35-21-13-7-14-22-35)43(66-48(56)34-19-11-6-12-20-34)40(65-52)31-63-47(55)33-17-9-5-10-18-33/h4-28,39-46,51-52,59H,1,29-31H2,2-3H3,(H,53,54)/t39-,40-,41-,42-,43+,44+,45+,46-,51-,52+/m1/s1. The highest BCUT2D eigenvalue weighted by Crippen LogP contribution is 2.36. The quantitative estimate of drug-likeness (QED) is 0.0594. The monoisotopic (exact) mass is 945 g/mol. The van der Waals surface area contributed by atoms with E-state index in [1.807, 2.05) is 0 Å². The van der Waals surface area contributed by atoms with Gasteiger partial charge in [-0.2, -0.15) is 0 Å². The van der Waals surface area contributed by atoms with E-state index in [0.717, 1.165) is 0 Å². The molecule has 2 N–H and O–H groups in total. The minimum absolute atomic E-state index is 0.0777. The highest BCUT2D eigenvalue weighted by atomic mass is 16.8. The molecule has 0 unspecified atom stereocenters. The zero-order valence-electron chi connectivity index (χ0n) is 37.6. The second kappa shape index (κ2) is 24.0. The summed E-state index contributed by atoms with van der Waals surface area (Å²) in [5.41, 5.74) is 0.445. The number of methoxy groups -OCH3 is 1. The van der Waals surface area contributed by atoms with Crippen molar-refractivity contribution in [3.63, 3.8) is 0 Å². The van der Waals surface area contributed by atoms with Crippen molar-refractivity contribution in [1.29, 1.82) is 0 Å². The molecule has 2 saturated heterocycles. The van der Waals surface area contributed by atoms with Crippen molar-refractivity contribution in [2.75, 3.05) is 26.9 Å². The maximum Gasteiger partial charge on any atom is 0.338 e. The Balaban J connectivity index is 1.35. The van der Waals surface area contributed by atoms with E-state index in [4.69, 9.17) is 47.4 Å². The van der Waals surface area contributed by atoms with Gasteiger partial charge in [0.05, 0.1) is 36.0 Å².